The van der Waals surface area contributed by atoms with Crippen molar-refractivity contribution in [1.82, 2.24) is 0 Å². The van der Waals surface area contributed by atoms with Gasteiger partial charge in [0.1, 0.15) is 0 Å². The van der Waals surface area contributed by atoms with Crippen molar-refractivity contribution in [2.75, 3.05) is 7.11 Å². The van der Waals surface area contributed by atoms with Crippen LogP contribution in [-0.4, -0.2) is 18.1 Å². The molecule has 0 radical (unpaired) electrons. The molecule has 18 heavy (non-hydrogen) atoms. The van der Waals surface area contributed by atoms with Gasteiger partial charge in [-0.05, 0) is 62.1 Å². The van der Waals surface area contributed by atoms with Crippen LogP contribution in [0.5, 0.6) is 0 Å². The van der Waals surface area contributed by atoms with Crippen LogP contribution in [0.3, 0.4) is 0 Å². The molecule has 1 aromatic carbocycles. The third kappa shape index (κ3) is 2.99. The van der Waals surface area contributed by atoms with Gasteiger partial charge in [0.15, 0.2) is 0 Å². The van der Waals surface area contributed by atoms with Crippen LogP contribution < -0.4 is 0 Å². The van der Waals surface area contributed by atoms with Crippen LogP contribution in [0.1, 0.15) is 55.2 Å². The van der Waals surface area contributed by atoms with E-state index < -0.39 is 0 Å². The average Bonchev–Trinajstić information content (AvgIpc) is 2.38. The molecule has 0 aliphatic heterocycles. The quantitative estimate of drug-likeness (QED) is 0.589. The zero-order chi connectivity index (χ0) is 13.1. The summed E-state index contributed by atoms with van der Waals surface area (Å²) < 4.78 is 5.43. The number of thiocarbonyl (C=S) groups is 1. The van der Waals surface area contributed by atoms with Crippen LogP contribution in [-0.2, 0) is 4.74 Å². The van der Waals surface area contributed by atoms with E-state index in [1.807, 2.05) is 14.0 Å². The molecule has 0 bridgehead atoms. The van der Waals surface area contributed by atoms with Gasteiger partial charge >= 0.3 is 0 Å². The molecule has 0 N–H and O–H groups in total. The van der Waals surface area contributed by atoms with Crippen LogP contribution in [0.4, 0.5) is 0 Å². The Labute approximate surface area is 116 Å². The number of rotatable bonds is 3. The summed E-state index contributed by atoms with van der Waals surface area (Å²) in [6.45, 7) is 4.16. The number of benzene rings is 1. The predicted molar refractivity (Wildman–Crippen MR) is 80.6 cm³/mol. The number of hydrogen-bond donors (Lipinski definition) is 0. The molecule has 0 spiro atoms. The van der Waals surface area contributed by atoms with E-state index >= 15 is 0 Å². The Balaban J connectivity index is 2.11. The molecule has 1 fully saturated rings. The topological polar surface area (TPSA) is 9.23 Å². The highest BCUT2D eigenvalue weighted by atomic mass is 32.1. The van der Waals surface area contributed by atoms with Gasteiger partial charge in [-0.1, -0.05) is 30.4 Å². The largest absolute Gasteiger partial charge is 0.381 e. The van der Waals surface area contributed by atoms with E-state index in [1.54, 1.807) is 0 Å². The van der Waals surface area contributed by atoms with Crippen LogP contribution in [0.15, 0.2) is 18.2 Å². The van der Waals surface area contributed by atoms with Gasteiger partial charge in [0.05, 0.1) is 6.10 Å². The van der Waals surface area contributed by atoms with Crippen LogP contribution in [0.25, 0.3) is 0 Å². The summed E-state index contributed by atoms with van der Waals surface area (Å²) in [5.74, 6) is 0.703. The van der Waals surface area contributed by atoms with Crippen LogP contribution >= 0.6 is 12.2 Å². The van der Waals surface area contributed by atoms with E-state index in [9.17, 15) is 0 Å². The molecule has 1 nitrogen and oxygen atoms in total. The number of methoxy groups -OCH3 is 1. The van der Waals surface area contributed by atoms with Gasteiger partial charge in [-0.3, -0.25) is 0 Å². The highest BCUT2D eigenvalue weighted by Crippen LogP contribution is 2.34. The minimum absolute atomic E-state index is 0.477. The Hall–Kier alpha value is -0.730. The predicted octanol–water partition coefficient (Wildman–Crippen LogP) is 4.41. The molecule has 0 amide bonds. The molecule has 2 rings (SSSR count). The molecular formula is C16H22OS. The summed E-state index contributed by atoms with van der Waals surface area (Å²) in [5, 5.41) is 0. The molecule has 0 atom stereocenters. The molecule has 0 unspecified atom stereocenters. The van der Waals surface area contributed by atoms with E-state index in [0.29, 0.717) is 12.0 Å². The van der Waals surface area contributed by atoms with Gasteiger partial charge in [0, 0.05) is 12.0 Å². The Morgan fingerprint density at radius 2 is 1.89 bits per heavy atom. The second-order valence-corrected chi connectivity index (χ2v) is 5.95. The van der Waals surface area contributed by atoms with Crippen molar-refractivity contribution in [3.63, 3.8) is 0 Å². The molecular weight excluding hydrogens is 240 g/mol. The number of ether oxygens (including phenoxy) is 1. The fraction of sp³-hybridized carbons (Fsp3) is 0.562. The Bertz CT molecular complexity index is 431. The molecule has 0 heterocycles. The number of aryl methyl sites for hydroxylation is 1. The van der Waals surface area contributed by atoms with E-state index in [1.165, 1.54) is 42.4 Å². The highest BCUT2D eigenvalue weighted by molar-refractivity contribution is 7.80. The maximum absolute atomic E-state index is 5.43. The minimum Gasteiger partial charge on any atom is -0.381 e. The van der Waals surface area contributed by atoms with Gasteiger partial charge in [-0.2, -0.15) is 0 Å². The number of hydrogen-bond acceptors (Lipinski definition) is 2. The average molecular weight is 262 g/mol. The summed E-state index contributed by atoms with van der Waals surface area (Å²) >= 11 is 5.26. The Morgan fingerprint density at radius 1 is 1.22 bits per heavy atom. The van der Waals surface area contributed by atoms with Crippen molar-refractivity contribution >= 4 is 17.1 Å². The summed E-state index contributed by atoms with van der Waals surface area (Å²) in [5.41, 5.74) is 4.01. The van der Waals surface area contributed by atoms with Crippen molar-refractivity contribution in [2.24, 2.45) is 0 Å². The summed E-state index contributed by atoms with van der Waals surface area (Å²) in [7, 11) is 1.83. The molecule has 0 aromatic heterocycles. The SMILES string of the molecule is COC1CCC(c2ccc(C(C)=S)c(C)c2)CC1. The monoisotopic (exact) mass is 262 g/mol. The molecule has 1 aromatic rings. The summed E-state index contributed by atoms with van der Waals surface area (Å²) in [4.78, 5) is 0.988. The minimum atomic E-state index is 0.477. The lowest BCUT2D eigenvalue weighted by molar-refractivity contribution is 0.0658. The molecule has 2 heteroatoms. The first kappa shape index (κ1) is 13.7. The zero-order valence-corrected chi connectivity index (χ0v) is 12.3. The molecule has 1 aliphatic carbocycles. The van der Waals surface area contributed by atoms with E-state index in [0.717, 1.165) is 4.86 Å². The van der Waals surface area contributed by atoms with Gasteiger partial charge < -0.3 is 4.74 Å². The third-order valence-electron chi connectivity index (χ3n) is 4.11. The smallest absolute Gasteiger partial charge is 0.0571 e. The maximum atomic E-state index is 5.43. The second-order valence-electron chi connectivity index (χ2n) is 5.34. The fourth-order valence-electron chi connectivity index (χ4n) is 2.97. The van der Waals surface area contributed by atoms with E-state index in [2.05, 4.69) is 25.1 Å². The first-order chi connectivity index (χ1) is 8.61. The van der Waals surface area contributed by atoms with Gasteiger partial charge in [0.25, 0.3) is 0 Å². The Kier molecular flexibility index (Phi) is 4.52. The first-order valence-corrected chi connectivity index (χ1v) is 7.17. The van der Waals surface area contributed by atoms with Gasteiger partial charge in [-0.25, -0.2) is 0 Å². The van der Waals surface area contributed by atoms with E-state index in [-0.39, 0.29) is 0 Å². The van der Waals surface area contributed by atoms with Crippen molar-refractivity contribution in [3.8, 4) is 0 Å². The fourth-order valence-corrected chi connectivity index (χ4v) is 3.20. The lowest BCUT2D eigenvalue weighted by Gasteiger charge is -2.28. The third-order valence-corrected chi connectivity index (χ3v) is 4.33. The van der Waals surface area contributed by atoms with Gasteiger partial charge in [0.2, 0.25) is 0 Å². The maximum Gasteiger partial charge on any atom is 0.0571 e. The first-order valence-electron chi connectivity index (χ1n) is 6.76. The van der Waals surface area contributed by atoms with Crippen molar-refractivity contribution in [2.45, 2.75) is 51.6 Å². The van der Waals surface area contributed by atoms with Crippen LogP contribution in [0, 0.1) is 6.92 Å². The molecule has 1 aliphatic rings. The van der Waals surface area contributed by atoms with Crippen molar-refractivity contribution < 1.29 is 4.74 Å². The zero-order valence-electron chi connectivity index (χ0n) is 11.5. The second kappa shape index (κ2) is 5.94. The Morgan fingerprint density at radius 3 is 2.39 bits per heavy atom. The van der Waals surface area contributed by atoms with Crippen LogP contribution in [0.2, 0.25) is 0 Å². The van der Waals surface area contributed by atoms with Crippen molar-refractivity contribution in [1.29, 1.82) is 0 Å². The lowest BCUT2D eigenvalue weighted by atomic mass is 9.82. The summed E-state index contributed by atoms with van der Waals surface area (Å²) in [6, 6.07) is 6.77. The standard InChI is InChI=1S/C16H22OS/c1-11-10-14(6-9-16(11)12(2)18)13-4-7-15(17-3)8-5-13/h6,9-10,13,15H,4-5,7-8H2,1-3H3. The van der Waals surface area contributed by atoms with E-state index in [4.69, 9.17) is 17.0 Å². The van der Waals surface area contributed by atoms with Crippen molar-refractivity contribution in [3.05, 3.63) is 34.9 Å². The molecule has 1 saturated carbocycles. The molecule has 0 saturated heterocycles. The summed E-state index contributed by atoms with van der Waals surface area (Å²) in [6.07, 6.45) is 5.34. The molecule has 98 valence electrons. The highest BCUT2D eigenvalue weighted by Gasteiger charge is 2.22. The normalized spacial score (nSPS) is 23.9. The lowest BCUT2D eigenvalue weighted by Crippen LogP contribution is -2.19. The van der Waals surface area contributed by atoms with Gasteiger partial charge in [-0.15, -0.1) is 0 Å².